The number of nitrogens with zero attached hydrogens (tertiary/aromatic N) is 1. The van der Waals surface area contributed by atoms with Gasteiger partial charge in [0.15, 0.2) is 17.3 Å². The van der Waals surface area contributed by atoms with Crippen LogP contribution in [-0.4, -0.2) is 24.5 Å². The summed E-state index contributed by atoms with van der Waals surface area (Å²) >= 11 is 3.46. The number of ketones is 1. The maximum Gasteiger partial charge on any atom is 0.187 e. The standard InChI is InChI=1S/C17H16BrNO3/c1-3-22-17-14(18)9-12(10-16(17)21-2)6-7-15(20)13-5-4-8-19-11-13/h4-11H,3H2,1-2H3/b7-6+. The summed E-state index contributed by atoms with van der Waals surface area (Å²) < 4.78 is 11.6. The second-order valence-corrected chi connectivity index (χ2v) is 5.26. The molecule has 2 rings (SSSR count). The van der Waals surface area contributed by atoms with Crippen molar-refractivity contribution in [2.45, 2.75) is 6.92 Å². The first-order valence-electron chi connectivity index (χ1n) is 6.78. The largest absolute Gasteiger partial charge is 0.493 e. The van der Waals surface area contributed by atoms with E-state index < -0.39 is 0 Å². The van der Waals surface area contributed by atoms with Crippen molar-refractivity contribution in [2.24, 2.45) is 0 Å². The van der Waals surface area contributed by atoms with Gasteiger partial charge in [-0.1, -0.05) is 6.08 Å². The van der Waals surface area contributed by atoms with Gasteiger partial charge in [0.2, 0.25) is 0 Å². The number of carbonyl (C=O) groups is 1. The topological polar surface area (TPSA) is 48.4 Å². The van der Waals surface area contributed by atoms with Crippen LogP contribution >= 0.6 is 15.9 Å². The van der Waals surface area contributed by atoms with E-state index in [4.69, 9.17) is 9.47 Å². The summed E-state index contributed by atoms with van der Waals surface area (Å²) in [5.41, 5.74) is 1.39. The Morgan fingerprint density at radius 1 is 1.41 bits per heavy atom. The zero-order chi connectivity index (χ0) is 15.9. The molecule has 114 valence electrons. The van der Waals surface area contributed by atoms with E-state index in [1.807, 2.05) is 19.1 Å². The van der Waals surface area contributed by atoms with Gasteiger partial charge in [-0.2, -0.15) is 0 Å². The minimum Gasteiger partial charge on any atom is -0.493 e. The molecule has 0 fully saturated rings. The van der Waals surface area contributed by atoms with Crippen LogP contribution in [0, 0.1) is 0 Å². The van der Waals surface area contributed by atoms with Gasteiger partial charge in [-0.05, 0) is 58.8 Å². The summed E-state index contributed by atoms with van der Waals surface area (Å²) in [6, 6.07) is 7.16. The Balaban J connectivity index is 2.24. The molecule has 5 heteroatoms. The highest BCUT2D eigenvalue weighted by Gasteiger charge is 2.10. The molecule has 22 heavy (non-hydrogen) atoms. The molecule has 0 aliphatic carbocycles. The summed E-state index contributed by atoms with van der Waals surface area (Å²) in [6.45, 7) is 2.45. The number of pyridine rings is 1. The van der Waals surface area contributed by atoms with E-state index in [0.29, 0.717) is 23.7 Å². The SMILES string of the molecule is CCOc1c(Br)cc(/C=C/C(=O)c2cccnc2)cc1OC. The first kappa shape index (κ1) is 16.2. The van der Waals surface area contributed by atoms with Gasteiger partial charge < -0.3 is 9.47 Å². The number of methoxy groups -OCH3 is 1. The molecule has 0 N–H and O–H groups in total. The lowest BCUT2D eigenvalue weighted by molar-refractivity contribution is 0.104. The van der Waals surface area contributed by atoms with E-state index in [0.717, 1.165) is 10.0 Å². The third-order valence-corrected chi connectivity index (χ3v) is 3.50. The smallest absolute Gasteiger partial charge is 0.187 e. The number of rotatable bonds is 6. The van der Waals surface area contributed by atoms with Gasteiger partial charge in [0.1, 0.15) is 0 Å². The van der Waals surface area contributed by atoms with Crippen LogP contribution in [0.25, 0.3) is 6.08 Å². The molecule has 0 bridgehead atoms. The molecule has 1 aromatic heterocycles. The van der Waals surface area contributed by atoms with E-state index >= 15 is 0 Å². The predicted octanol–water partition coefficient (Wildman–Crippen LogP) is 4.15. The molecule has 0 saturated carbocycles. The molecular weight excluding hydrogens is 346 g/mol. The van der Waals surface area contributed by atoms with Crippen LogP contribution in [0.4, 0.5) is 0 Å². The van der Waals surface area contributed by atoms with Crippen LogP contribution in [0.5, 0.6) is 11.5 Å². The van der Waals surface area contributed by atoms with Crippen molar-refractivity contribution >= 4 is 27.8 Å². The van der Waals surface area contributed by atoms with E-state index in [9.17, 15) is 4.79 Å². The number of carbonyl (C=O) groups excluding carboxylic acids is 1. The second kappa shape index (κ2) is 7.75. The molecule has 4 nitrogen and oxygen atoms in total. The Bertz CT molecular complexity index is 684. The molecule has 0 spiro atoms. The normalized spacial score (nSPS) is 10.7. The molecule has 1 heterocycles. The van der Waals surface area contributed by atoms with Crippen LogP contribution in [0.2, 0.25) is 0 Å². The number of hydrogen-bond donors (Lipinski definition) is 0. The molecular formula is C17H16BrNO3. The van der Waals surface area contributed by atoms with E-state index in [2.05, 4.69) is 20.9 Å². The van der Waals surface area contributed by atoms with Gasteiger partial charge in [0.05, 0.1) is 18.2 Å². The number of aromatic nitrogens is 1. The first-order chi connectivity index (χ1) is 10.7. The fourth-order valence-electron chi connectivity index (χ4n) is 1.90. The number of hydrogen-bond acceptors (Lipinski definition) is 4. The summed E-state index contributed by atoms with van der Waals surface area (Å²) in [5.74, 6) is 1.17. The third kappa shape index (κ3) is 3.95. The first-order valence-corrected chi connectivity index (χ1v) is 7.57. The summed E-state index contributed by atoms with van der Waals surface area (Å²) in [6.07, 6.45) is 6.42. The predicted molar refractivity (Wildman–Crippen MR) is 89.5 cm³/mol. The van der Waals surface area contributed by atoms with Crippen molar-refractivity contribution in [1.82, 2.24) is 4.98 Å². The minimum absolute atomic E-state index is 0.0999. The zero-order valence-electron chi connectivity index (χ0n) is 12.4. The molecule has 2 aromatic rings. The average molecular weight is 362 g/mol. The van der Waals surface area contributed by atoms with Crippen molar-refractivity contribution in [2.75, 3.05) is 13.7 Å². The molecule has 0 atom stereocenters. The van der Waals surface area contributed by atoms with Crippen LogP contribution < -0.4 is 9.47 Å². The maximum absolute atomic E-state index is 12.0. The van der Waals surface area contributed by atoms with E-state index in [1.54, 1.807) is 37.7 Å². The van der Waals surface area contributed by atoms with Crippen molar-refractivity contribution in [3.05, 3.63) is 58.3 Å². The molecule has 0 aliphatic rings. The molecule has 0 amide bonds. The number of halogens is 1. The van der Waals surface area contributed by atoms with Crippen molar-refractivity contribution in [3.8, 4) is 11.5 Å². The maximum atomic E-state index is 12.0. The molecule has 0 saturated heterocycles. The van der Waals surface area contributed by atoms with Crippen molar-refractivity contribution in [3.63, 3.8) is 0 Å². The lowest BCUT2D eigenvalue weighted by Gasteiger charge is -2.12. The van der Waals surface area contributed by atoms with Gasteiger partial charge >= 0.3 is 0 Å². The Kier molecular flexibility index (Phi) is 5.72. The summed E-state index contributed by atoms with van der Waals surface area (Å²) in [5, 5.41) is 0. The van der Waals surface area contributed by atoms with Crippen LogP contribution in [0.1, 0.15) is 22.8 Å². The van der Waals surface area contributed by atoms with Crippen LogP contribution in [0.15, 0.2) is 47.2 Å². The average Bonchev–Trinajstić information content (AvgIpc) is 2.55. The summed E-state index contributed by atoms with van der Waals surface area (Å²) in [7, 11) is 1.58. The molecule has 1 aromatic carbocycles. The Hall–Kier alpha value is -2.14. The Morgan fingerprint density at radius 3 is 2.86 bits per heavy atom. The van der Waals surface area contributed by atoms with Crippen LogP contribution in [0.3, 0.4) is 0 Å². The van der Waals surface area contributed by atoms with Gasteiger partial charge in [-0.3, -0.25) is 9.78 Å². The van der Waals surface area contributed by atoms with E-state index in [-0.39, 0.29) is 5.78 Å². The number of allylic oxidation sites excluding steroid dienone is 1. The van der Waals surface area contributed by atoms with Crippen LogP contribution in [-0.2, 0) is 0 Å². The van der Waals surface area contributed by atoms with Gasteiger partial charge in [-0.15, -0.1) is 0 Å². The van der Waals surface area contributed by atoms with Gasteiger partial charge in [0, 0.05) is 18.0 Å². The number of benzene rings is 1. The Labute approximate surface area is 137 Å². The summed E-state index contributed by atoms with van der Waals surface area (Å²) in [4.78, 5) is 16.0. The molecule has 0 radical (unpaired) electrons. The fraction of sp³-hybridized carbons (Fsp3) is 0.176. The van der Waals surface area contributed by atoms with Crippen molar-refractivity contribution in [1.29, 1.82) is 0 Å². The van der Waals surface area contributed by atoms with E-state index in [1.165, 1.54) is 6.08 Å². The second-order valence-electron chi connectivity index (χ2n) is 4.41. The quantitative estimate of drug-likeness (QED) is 0.572. The number of ether oxygens (including phenoxy) is 2. The molecule has 0 aliphatic heterocycles. The highest BCUT2D eigenvalue weighted by molar-refractivity contribution is 9.10. The minimum atomic E-state index is -0.0999. The highest BCUT2D eigenvalue weighted by atomic mass is 79.9. The third-order valence-electron chi connectivity index (χ3n) is 2.91. The fourth-order valence-corrected chi connectivity index (χ4v) is 2.47. The van der Waals surface area contributed by atoms with Gasteiger partial charge in [-0.25, -0.2) is 0 Å². The zero-order valence-corrected chi connectivity index (χ0v) is 14.0. The molecule has 0 unspecified atom stereocenters. The Morgan fingerprint density at radius 2 is 2.23 bits per heavy atom. The monoisotopic (exact) mass is 361 g/mol. The lowest BCUT2D eigenvalue weighted by atomic mass is 10.1. The van der Waals surface area contributed by atoms with Gasteiger partial charge in [0.25, 0.3) is 0 Å². The lowest BCUT2D eigenvalue weighted by Crippen LogP contribution is -1.97. The highest BCUT2D eigenvalue weighted by Crippen LogP contribution is 2.37. The van der Waals surface area contributed by atoms with Crippen molar-refractivity contribution < 1.29 is 14.3 Å².